The lowest BCUT2D eigenvalue weighted by atomic mass is 9.95. The standard InChI is InChI=1S/C15H22N2O/c1-12(18)17-15-10-6-5-7-13(15)11-16-14-8-3-2-4-9-14/h5-7,10,14,16H,2-4,8-9,11H2,1H3,(H,17,18). The highest BCUT2D eigenvalue weighted by molar-refractivity contribution is 5.89. The third kappa shape index (κ3) is 3.84. The first-order valence-corrected chi connectivity index (χ1v) is 6.84. The van der Waals surface area contributed by atoms with Crippen molar-refractivity contribution in [1.82, 2.24) is 5.32 Å². The third-order valence-electron chi connectivity index (χ3n) is 3.51. The highest BCUT2D eigenvalue weighted by atomic mass is 16.1. The summed E-state index contributed by atoms with van der Waals surface area (Å²) in [6.45, 7) is 2.38. The molecule has 0 spiro atoms. The number of hydrogen-bond acceptors (Lipinski definition) is 2. The minimum absolute atomic E-state index is 0.0138. The fourth-order valence-corrected chi connectivity index (χ4v) is 2.55. The van der Waals surface area contributed by atoms with E-state index in [1.165, 1.54) is 37.7 Å². The molecular weight excluding hydrogens is 224 g/mol. The molecule has 3 nitrogen and oxygen atoms in total. The van der Waals surface area contributed by atoms with Crippen LogP contribution in [-0.2, 0) is 11.3 Å². The second-order valence-corrected chi connectivity index (χ2v) is 5.05. The van der Waals surface area contributed by atoms with Crippen LogP contribution in [0.2, 0.25) is 0 Å². The van der Waals surface area contributed by atoms with Crippen molar-refractivity contribution in [2.75, 3.05) is 5.32 Å². The molecule has 0 aliphatic heterocycles. The summed E-state index contributed by atoms with van der Waals surface area (Å²) >= 11 is 0. The van der Waals surface area contributed by atoms with E-state index >= 15 is 0 Å². The zero-order chi connectivity index (χ0) is 12.8. The second kappa shape index (κ2) is 6.55. The molecule has 1 aromatic rings. The minimum Gasteiger partial charge on any atom is -0.326 e. The highest BCUT2D eigenvalue weighted by Gasteiger charge is 2.13. The number of rotatable bonds is 4. The molecule has 0 radical (unpaired) electrons. The Hall–Kier alpha value is -1.35. The largest absolute Gasteiger partial charge is 0.326 e. The maximum atomic E-state index is 11.1. The fraction of sp³-hybridized carbons (Fsp3) is 0.533. The van der Waals surface area contributed by atoms with Gasteiger partial charge in [0.2, 0.25) is 5.91 Å². The predicted molar refractivity (Wildman–Crippen MR) is 74.5 cm³/mol. The van der Waals surface area contributed by atoms with Gasteiger partial charge in [0.15, 0.2) is 0 Å². The zero-order valence-electron chi connectivity index (χ0n) is 11.0. The topological polar surface area (TPSA) is 41.1 Å². The van der Waals surface area contributed by atoms with Crippen molar-refractivity contribution >= 4 is 11.6 Å². The van der Waals surface area contributed by atoms with E-state index in [-0.39, 0.29) is 5.91 Å². The van der Waals surface area contributed by atoms with Crippen molar-refractivity contribution in [1.29, 1.82) is 0 Å². The molecule has 2 rings (SSSR count). The number of anilines is 1. The van der Waals surface area contributed by atoms with Crippen LogP contribution in [0.1, 0.15) is 44.6 Å². The average molecular weight is 246 g/mol. The minimum atomic E-state index is -0.0138. The Morgan fingerprint density at radius 1 is 1.22 bits per heavy atom. The Labute approximate surface area is 109 Å². The Kier molecular flexibility index (Phi) is 4.76. The van der Waals surface area contributed by atoms with E-state index in [9.17, 15) is 4.79 Å². The Bertz CT molecular complexity index is 397. The van der Waals surface area contributed by atoms with Crippen LogP contribution in [0, 0.1) is 0 Å². The quantitative estimate of drug-likeness (QED) is 0.857. The van der Waals surface area contributed by atoms with Gasteiger partial charge in [-0.2, -0.15) is 0 Å². The molecule has 0 saturated heterocycles. The normalized spacial score (nSPS) is 16.5. The molecule has 1 fully saturated rings. The second-order valence-electron chi connectivity index (χ2n) is 5.05. The molecule has 18 heavy (non-hydrogen) atoms. The lowest BCUT2D eigenvalue weighted by Crippen LogP contribution is -2.30. The third-order valence-corrected chi connectivity index (χ3v) is 3.51. The molecule has 1 amide bonds. The summed E-state index contributed by atoms with van der Waals surface area (Å²) in [5.41, 5.74) is 2.09. The van der Waals surface area contributed by atoms with Crippen LogP contribution in [0.15, 0.2) is 24.3 Å². The van der Waals surface area contributed by atoms with E-state index in [2.05, 4.69) is 16.7 Å². The number of para-hydroxylation sites is 1. The molecule has 1 saturated carbocycles. The molecule has 0 unspecified atom stereocenters. The van der Waals surface area contributed by atoms with Gasteiger partial charge in [0.25, 0.3) is 0 Å². The van der Waals surface area contributed by atoms with Crippen LogP contribution in [0.25, 0.3) is 0 Å². The van der Waals surface area contributed by atoms with Crippen LogP contribution in [-0.4, -0.2) is 11.9 Å². The van der Waals surface area contributed by atoms with E-state index in [4.69, 9.17) is 0 Å². The van der Waals surface area contributed by atoms with Crippen molar-refractivity contribution in [3.8, 4) is 0 Å². The Balaban J connectivity index is 1.93. The highest BCUT2D eigenvalue weighted by Crippen LogP contribution is 2.19. The van der Waals surface area contributed by atoms with Crippen molar-refractivity contribution in [2.24, 2.45) is 0 Å². The van der Waals surface area contributed by atoms with E-state index in [0.29, 0.717) is 6.04 Å². The molecule has 0 atom stereocenters. The van der Waals surface area contributed by atoms with E-state index in [1.807, 2.05) is 18.2 Å². The van der Waals surface area contributed by atoms with Crippen molar-refractivity contribution in [3.63, 3.8) is 0 Å². The zero-order valence-corrected chi connectivity index (χ0v) is 11.0. The number of benzene rings is 1. The number of nitrogens with one attached hydrogen (secondary N) is 2. The summed E-state index contributed by atoms with van der Waals surface area (Å²) in [5, 5.41) is 6.48. The maximum Gasteiger partial charge on any atom is 0.221 e. The lowest BCUT2D eigenvalue weighted by molar-refractivity contribution is -0.114. The van der Waals surface area contributed by atoms with Gasteiger partial charge in [0.05, 0.1) is 0 Å². The van der Waals surface area contributed by atoms with Crippen LogP contribution < -0.4 is 10.6 Å². The monoisotopic (exact) mass is 246 g/mol. The Morgan fingerprint density at radius 2 is 1.94 bits per heavy atom. The van der Waals surface area contributed by atoms with Crippen LogP contribution >= 0.6 is 0 Å². The lowest BCUT2D eigenvalue weighted by Gasteiger charge is -2.23. The SMILES string of the molecule is CC(=O)Nc1ccccc1CNC1CCCCC1. The first-order valence-electron chi connectivity index (χ1n) is 6.84. The van der Waals surface area contributed by atoms with Gasteiger partial charge < -0.3 is 10.6 Å². The van der Waals surface area contributed by atoms with Gasteiger partial charge in [-0.1, -0.05) is 37.5 Å². The van der Waals surface area contributed by atoms with Gasteiger partial charge in [0.1, 0.15) is 0 Å². The number of hydrogen-bond donors (Lipinski definition) is 2. The predicted octanol–water partition coefficient (Wildman–Crippen LogP) is 3.07. The summed E-state index contributed by atoms with van der Waals surface area (Å²) in [6.07, 6.45) is 6.61. The van der Waals surface area contributed by atoms with Gasteiger partial charge in [-0.05, 0) is 24.5 Å². The Morgan fingerprint density at radius 3 is 2.67 bits per heavy atom. The number of carbonyl (C=O) groups is 1. The molecule has 2 N–H and O–H groups in total. The van der Waals surface area contributed by atoms with Crippen molar-refractivity contribution in [3.05, 3.63) is 29.8 Å². The van der Waals surface area contributed by atoms with E-state index < -0.39 is 0 Å². The molecule has 98 valence electrons. The molecule has 1 aliphatic rings. The number of carbonyl (C=O) groups excluding carboxylic acids is 1. The molecule has 1 aliphatic carbocycles. The van der Waals surface area contributed by atoms with Gasteiger partial charge in [-0.3, -0.25) is 4.79 Å². The van der Waals surface area contributed by atoms with Gasteiger partial charge in [0, 0.05) is 25.2 Å². The van der Waals surface area contributed by atoms with Crippen LogP contribution in [0.5, 0.6) is 0 Å². The van der Waals surface area contributed by atoms with Crippen LogP contribution in [0.4, 0.5) is 5.69 Å². The van der Waals surface area contributed by atoms with E-state index in [1.54, 1.807) is 6.92 Å². The molecule has 0 aromatic heterocycles. The van der Waals surface area contributed by atoms with Crippen molar-refractivity contribution in [2.45, 2.75) is 51.6 Å². The van der Waals surface area contributed by atoms with E-state index in [0.717, 1.165) is 12.2 Å². The van der Waals surface area contributed by atoms with Gasteiger partial charge in [-0.15, -0.1) is 0 Å². The molecular formula is C15H22N2O. The molecule has 3 heteroatoms. The fourth-order valence-electron chi connectivity index (χ4n) is 2.55. The smallest absolute Gasteiger partial charge is 0.221 e. The average Bonchev–Trinajstić information content (AvgIpc) is 2.38. The summed E-state index contributed by atoms with van der Waals surface area (Å²) < 4.78 is 0. The van der Waals surface area contributed by atoms with Crippen LogP contribution in [0.3, 0.4) is 0 Å². The number of amides is 1. The van der Waals surface area contributed by atoms with Crippen molar-refractivity contribution < 1.29 is 4.79 Å². The van der Waals surface area contributed by atoms with Gasteiger partial charge in [-0.25, -0.2) is 0 Å². The summed E-state index contributed by atoms with van der Waals surface area (Å²) in [7, 11) is 0. The molecule has 0 heterocycles. The first kappa shape index (κ1) is 13.1. The summed E-state index contributed by atoms with van der Waals surface area (Å²) in [4.78, 5) is 11.1. The maximum absolute atomic E-state index is 11.1. The first-order chi connectivity index (χ1) is 8.75. The molecule has 1 aromatic carbocycles. The molecule has 0 bridgehead atoms. The van der Waals surface area contributed by atoms with Gasteiger partial charge >= 0.3 is 0 Å². The summed E-state index contributed by atoms with van der Waals surface area (Å²) in [5.74, 6) is -0.0138. The summed E-state index contributed by atoms with van der Waals surface area (Å²) in [6, 6.07) is 8.64.